The lowest BCUT2D eigenvalue weighted by atomic mass is 9.96. The van der Waals surface area contributed by atoms with E-state index in [9.17, 15) is 4.39 Å². The van der Waals surface area contributed by atoms with Gasteiger partial charge in [-0.2, -0.15) is 0 Å². The lowest BCUT2D eigenvalue weighted by Crippen LogP contribution is -2.38. The van der Waals surface area contributed by atoms with Crippen molar-refractivity contribution in [3.63, 3.8) is 0 Å². The third-order valence-corrected chi connectivity index (χ3v) is 7.67. The molecular weight excluding hydrogens is 395 g/mol. The molecule has 2 saturated heterocycles. The van der Waals surface area contributed by atoms with Crippen molar-refractivity contribution in [1.29, 1.82) is 0 Å². The summed E-state index contributed by atoms with van der Waals surface area (Å²) in [7, 11) is 2.26. The number of halogens is 1. The maximum atomic E-state index is 13.0. The smallest absolute Gasteiger partial charge is 0.123 e. The largest absolute Gasteiger partial charge is 0.373 e. The number of hydrogen-bond acceptors (Lipinski definition) is 4. The molecule has 1 atom stereocenters. The summed E-state index contributed by atoms with van der Waals surface area (Å²) in [6.45, 7) is 6.58. The van der Waals surface area contributed by atoms with Crippen molar-refractivity contribution in [2.45, 2.75) is 51.2 Å². The molecule has 30 heavy (non-hydrogen) atoms. The van der Waals surface area contributed by atoms with Gasteiger partial charge in [-0.05, 0) is 94.4 Å². The van der Waals surface area contributed by atoms with Crippen molar-refractivity contribution >= 4 is 11.3 Å². The Bertz CT molecular complexity index is 764. The average Bonchev–Trinajstić information content (AvgIpc) is 3.23. The number of benzene rings is 1. The topological polar surface area (TPSA) is 15.7 Å². The number of hydrogen-bond donors (Lipinski definition) is 0. The molecule has 1 aromatic carbocycles. The number of thiophene rings is 1. The second kappa shape index (κ2) is 10.9. The van der Waals surface area contributed by atoms with E-state index in [4.69, 9.17) is 4.74 Å². The van der Waals surface area contributed by atoms with Gasteiger partial charge < -0.3 is 14.5 Å². The molecule has 0 N–H and O–H groups in total. The molecule has 0 aliphatic carbocycles. The molecule has 4 rings (SSSR count). The van der Waals surface area contributed by atoms with E-state index in [1.807, 2.05) is 23.5 Å². The average molecular weight is 431 g/mol. The van der Waals surface area contributed by atoms with Gasteiger partial charge in [0.15, 0.2) is 0 Å². The molecule has 0 radical (unpaired) electrons. The maximum Gasteiger partial charge on any atom is 0.123 e. The summed E-state index contributed by atoms with van der Waals surface area (Å²) in [5, 5.41) is 0. The van der Waals surface area contributed by atoms with Crippen molar-refractivity contribution in [2.24, 2.45) is 5.92 Å². The van der Waals surface area contributed by atoms with Crippen LogP contribution in [0.4, 0.5) is 4.39 Å². The van der Waals surface area contributed by atoms with Gasteiger partial charge in [0, 0.05) is 36.0 Å². The Hall–Kier alpha value is -1.27. The fraction of sp³-hybridized carbons (Fsp3) is 0.600. The molecule has 1 aromatic heterocycles. The van der Waals surface area contributed by atoms with Crippen LogP contribution >= 0.6 is 11.3 Å². The zero-order chi connectivity index (χ0) is 20.8. The normalized spacial score (nSPS) is 21.4. The maximum absolute atomic E-state index is 13.0. The molecular formula is C25H35FN2OS. The van der Waals surface area contributed by atoms with Crippen LogP contribution in [0.2, 0.25) is 0 Å². The SMILES string of the molecule is CN(Cc1ccc([C@H]2CCCCO2)s1)CC1CCN(CCc2ccc(F)cc2)CC1. The van der Waals surface area contributed by atoms with Crippen LogP contribution in [0.3, 0.4) is 0 Å². The predicted molar refractivity (Wildman–Crippen MR) is 122 cm³/mol. The lowest BCUT2D eigenvalue weighted by molar-refractivity contribution is 0.0172. The van der Waals surface area contributed by atoms with Gasteiger partial charge in [-0.1, -0.05) is 12.1 Å². The van der Waals surface area contributed by atoms with Gasteiger partial charge in [-0.15, -0.1) is 11.3 Å². The fourth-order valence-corrected chi connectivity index (χ4v) is 5.90. The van der Waals surface area contributed by atoms with Crippen LogP contribution in [0.25, 0.3) is 0 Å². The molecule has 2 fully saturated rings. The first kappa shape index (κ1) is 21.9. The van der Waals surface area contributed by atoms with E-state index in [2.05, 4.69) is 29.0 Å². The van der Waals surface area contributed by atoms with Crippen molar-refractivity contribution in [3.05, 3.63) is 57.5 Å². The third-order valence-electron chi connectivity index (χ3n) is 6.51. The van der Waals surface area contributed by atoms with Crippen LogP contribution in [0.15, 0.2) is 36.4 Å². The molecule has 0 amide bonds. The van der Waals surface area contributed by atoms with Crippen molar-refractivity contribution in [3.8, 4) is 0 Å². The van der Waals surface area contributed by atoms with Gasteiger partial charge in [0.2, 0.25) is 0 Å². The minimum absolute atomic E-state index is 0.148. The Morgan fingerprint density at radius 3 is 2.60 bits per heavy atom. The Kier molecular flexibility index (Phi) is 7.94. The van der Waals surface area contributed by atoms with Crippen molar-refractivity contribution in [2.75, 3.05) is 39.8 Å². The molecule has 0 saturated carbocycles. The number of rotatable bonds is 8. The number of piperidine rings is 1. The Labute approximate surface area is 184 Å². The van der Waals surface area contributed by atoms with Crippen LogP contribution in [-0.4, -0.2) is 49.6 Å². The molecule has 3 nitrogen and oxygen atoms in total. The fourth-order valence-electron chi connectivity index (χ4n) is 4.72. The first-order valence-corrected chi connectivity index (χ1v) is 12.3. The van der Waals surface area contributed by atoms with E-state index < -0.39 is 0 Å². The monoisotopic (exact) mass is 430 g/mol. The molecule has 5 heteroatoms. The molecule has 0 bridgehead atoms. The van der Waals surface area contributed by atoms with Crippen LogP contribution in [0, 0.1) is 11.7 Å². The Balaban J connectivity index is 1.16. The molecule has 164 valence electrons. The summed E-state index contributed by atoms with van der Waals surface area (Å²) >= 11 is 1.94. The summed E-state index contributed by atoms with van der Waals surface area (Å²) in [4.78, 5) is 7.93. The van der Waals surface area contributed by atoms with Gasteiger partial charge >= 0.3 is 0 Å². The van der Waals surface area contributed by atoms with Crippen molar-refractivity contribution < 1.29 is 9.13 Å². The summed E-state index contributed by atoms with van der Waals surface area (Å²) in [6.07, 6.45) is 7.58. The highest BCUT2D eigenvalue weighted by atomic mass is 32.1. The number of likely N-dealkylation sites (tertiary alicyclic amines) is 1. The van der Waals surface area contributed by atoms with Crippen LogP contribution in [-0.2, 0) is 17.7 Å². The predicted octanol–water partition coefficient (Wildman–Crippen LogP) is 5.52. The summed E-state index contributed by atoms with van der Waals surface area (Å²) in [5.74, 6) is 0.642. The van der Waals surface area contributed by atoms with Gasteiger partial charge in [0.25, 0.3) is 0 Å². The van der Waals surface area contributed by atoms with Gasteiger partial charge in [0.1, 0.15) is 5.82 Å². The summed E-state index contributed by atoms with van der Waals surface area (Å²) in [5.41, 5.74) is 1.23. The van der Waals surface area contributed by atoms with Crippen LogP contribution in [0.5, 0.6) is 0 Å². The second-order valence-electron chi connectivity index (χ2n) is 9.02. The first-order valence-electron chi connectivity index (χ1n) is 11.5. The molecule has 2 aromatic rings. The zero-order valence-corrected chi connectivity index (χ0v) is 19.0. The Morgan fingerprint density at radius 1 is 1.07 bits per heavy atom. The van der Waals surface area contributed by atoms with Crippen molar-refractivity contribution in [1.82, 2.24) is 9.80 Å². The van der Waals surface area contributed by atoms with Crippen LogP contribution < -0.4 is 0 Å². The summed E-state index contributed by atoms with van der Waals surface area (Å²) in [6, 6.07) is 11.5. The standard InChI is InChI=1S/C25H35FN2OS/c1-27(19-23-9-10-25(30-23)24-4-2-3-17-29-24)18-21-12-15-28(16-13-21)14-11-20-5-7-22(26)8-6-20/h5-10,21,24H,2-4,11-19H2,1H3/t24-/m1/s1. The highest BCUT2D eigenvalue weighted by molar-refractivity contribution is 7.12. The zero-order valence-electron chi connectivity index (χ0n) is 18.2. The highest BCUT2D eigenvalue weighted by Crippen LogP contribution is 2.33. The molecule has 2 aliphatic rings. The van der Waals surface area contributed by atoms with Gasteiger partial charge in [-0.25, -0.2) is 4.39 Å². The lowest BCUT2D eigenvalue weighted by Gasteiger charge is -2.33. The van der Waals surface area contributed by atoms with E-state index >= 15 is 0 Å². The van der Waals surface area contributed by atoms with Gasteiger partial charge in [-0.3, -0.25) is 0 Å². The van der Waals surface area contributed by atoms with E-state index in [1.165, 1.54) is 67.1 Å². The highest BCUT2D eigenvalue weighted by Gasteiger charge is 2.21. The minimum atomic E-state index is -0.148. The minimum Gasteiger partial charge on any atom is -0.373 e. The van der Waals surface area contributed by atoms with Gasteiger partial charge in [0.05, 0.1) is 6.10 Å². The molecule has 0 spiro atoms. The molecule has 3 heterocycles. The van der Waals surface area contributed by atoms with E-state index in [0.717, 1.165) is 32.0 Å². The molecule has 0 unspecified atom stereocenters. The molecule has 2 aliphatic heterocycles. The quantitative estimate of drug-likeness (QED) is 0.549. The number of ether oxygens (including phenoxy) is 1. The Morgan fingerprint density at radius 2 is 1.87 bits per heavy atom. The number of nitrogens with zero attached hydrogens (tertiary/aromatic N) is 2. The van der Waals surface area contributed by atoms with E-state index in [-0.39, 0.29) is 5.82 Å². The van der Waals surface area contributed by atoms with E-state index in [0.29, 0.717) is 6.10 Å². The summed E-state index contributed by atoms with van der Waals surface area (Å²) < 4.78 is 19.0. The second-order valence-corrected chi connectivity index (χ2v) is 10.2. The third kappa shape index (κ3) is 6.36. The van der Waals surface area contributed by atoms with Crippen LogP contribution in [0.1, 0.15) is 53.5 Å². The van der Waals surface area contributed by atoms with E-state index in [1.54, 1.807) is 12.1 Å². The first-order chi connectivity index (χ1) is 14.7.